The van der Waals surface area contributed by atoms with Gasteiger partial charge in [0.1, 0.15) is 5.75 Å². The van der Waals surface area contributed by atoms with Crippen molar-refractivity contribution in [3.8, 4) is 5.75 Å². The number of hydrogen-bond acceptors (Lipinski definition) is 3. The van der Waals surface area contributed by atoms with Gasteiger partial charge in [0.05, 0.1) is 11.1 Å². The number of hydrogen-bond donors (Lipinski definition) is 2. The third-order valence-corrected chi connectivity index (χ3v) is 4.38. The number of alkyl halides is 15. The van der Waals surface area contributed by atoms with Gasteiger partial charge < -0.3 is 14.9 Å². The Morgan fingerprint density at radius 3 is 1.23 bits per heavy atom. The summed E-state index contributed by atoms with van der Waals surface area (Å²) in [6.07, 6.45) is -7.86. The lowest BCUT2D eigenvalue weighted by Crippen LogP contribution is -2.72. The highest BCUT2D eigenvalue weighted by molar-refractivity contribution is 5.94. The highest BCUT2D eigenvalue weighted by Crippen LogP contribution is 2.63. The number of carbonyl (C=O) groups is 2. The Bertz CT molecular complexity index is 1140. The van der Waals surface area contributed by atoms with E-state index < -0.39 is 82.4 Å². The predicted molar refractivity (Wildman–Crippen MR) is 86.0 cm³/mol. The number of ether oxygens (including phenoxy) is 1. The summed E-state index contributed by atoms with van der Waals surface area (Å²) in [6, 6.07) is -3.65. The summed E-state index contributed by atoms with van der Waals surface area (Å²) in [5.41, 5.74) is -2.43. The SMILES string of the molecule is O=C(O)c1cc(O/C(F)=C(\F)C(F)(F)C(F)(F)C(F)(F)C(F)(F)C(F)(F)C(F)(F)C(F)(F)F)cc(C(=O)O)c1. The standard InChI is InChI=1S/C17H5F17O5/c18-7(8(19)39-6-2-4(9(35)36)1-5(3-6)10(37)38)11(20,21)12(22,23)13(24,25)14(26,27)15(28,29)16(30,31)17(32,33)34/h1-3H,(H,35,36)(H,37,38)/b8-7-. The van der Waals surface area contributed by atoms with Crippen molar-refractivity contribution in [2.75, 3.05) is 0 Å². The fourth-order valence-corrected chi connectivity index (χ4v) is 2.28. The number of benzene rings is 1. The first-order chi connectivity index (χ1) is 17.0. The number of allylic oxidation sites excluding steroid dienone is 1. The van der Waals surface area contributed by atoms with Gasteiger partial charge in [0.15, 0.2) is 0 Å². The summed E-state index contributed by atoms with van der Waals surface area (Å²) in [5, 5.41) is 17.5. The first-order valence-corrected chi connectivity index (χ1v) is 8.71. The molecule has 1 aromatic carbocycles. The molecule has 0 saturated heterocycles. The normalized spacial score (nSPS) is 15.1. The van der Waals surface area contributed by atoms with Crippen LogP contribution >= 0.6 is 0 Å². The van der Waals surface area contributed by atoms with Gasteiger partial charge in [-0.3, -0.25) is 0 Å². The molecule has 0 saturated carbocycles. The summed E-state index contributed by atoms with van der Waals surface area (Å²) >= 11 is 0. The highest BCUT2D eigenvalue weighted by Gasteiger charge is 2.93. The molecule has 0 atom stereocenters. The van der Waals surface area contributed by atoms with E-state index in [4.69, 9.17) is 10.2 Å². The van der Waals surface area contributed by atoms with Crippen molar-refractivity contribution in [3.05, 3.63) is 41.2 Å². The molecule has 0 bridgehead atoms. The molecule has 0 unspecified atom stereocenters. The van der Waals surface area contributed by atoms with Crippen molar-refractivity contribution < 1.29 is 99.2 Å². The number of aromatic carboxylic acids is 2. The highest BCUT2D eigenvalue weighted by atomic mass is 19.4. The Hall–Kier alpha value is -3.49. The van der Waals surface area contributed by atoms with Crippen LogP contribution in [0.15, 0.2) is 30.0 Å². The van der Waals surface area contributed by atoms with Crippen molar-refractivity contribution in [2.45, 2.75) is 41.7 Å². The summed E-state index contributed by atoms with van der Waals surface area (Å²) in [7, 11) is 0. The van der Waals surface area contributed by atoms with E-state index in [0.29, 0.717) is 0 Å². The molecule has 0 aliphatic rings. The smallest absolute Gasteiger partial charge is 0.460 e. The number of rotatable bonds is 10. The minimum atomic E-state index is -8.75. The van der Waals surface area contributed by atoms with Gasteiger partial charge in [-0.15, -0.1) is 0 Å². The van der Waals surface area contributed by atoms with Gasteiger partial charge in [-0.2, -0.15) is 74.6 Å². The molecule has 0 aliphatic heterocycles. The Kier molecular flexibility index (Phi) is 8.26. The van der Waals surface area contributed by atoms with E-state index in [9.17, 15) is 84.2 Å². The van der Waals surface area contributed by atoms with Crippen LogP contribution in [0.4, 0.5) is 74.6 Å². The molecule has 22 heteroatoms. The molecular weight excluding hydrogens is 607 g/mol. The summed E-state index contributed by atoms with van der Waals surface area (Å²) < 4.78 is 228. The first kappa shape index (κ1) is 33.5. The average molecular weight is 612 g/mol. The molecule has 0 radical (unpaired) electrons. The Morgan fingerprint density at radius 2 is 0.897 bits per heavy atom. The van der Waals surface area contributed by atoms with Crippen molar-refractivity contribution in [1.29, 1.82) is 0 Å². The second-order valence-electron chi connectivity index (χ2n) is 6.99. The summed E-state index contributed by atoms with van der Waals surface area (Å²) in [6.45, 7) is 0. The fraction of sp³-hybridized carbons (Fsp3) is 0.412. The predicted octanol–water partition coefficient (Wildman–Crippen LogP) is 6.94. The van der Waals surface area contributed by atoms with E-state index in [-0.39, 0.29) is 18.2 Å². The number of halogens is 17. The second-order valence-corrected chi connectivity index (χ2v) is 6.99. The van der Waals surface area contributed by atoms with Crippen LogP contribution in [0, 0.1) is 0 Å². The second kappa shape index (κ2) is 9.61. The molecule has 5 nitrogen and oxygen atoms in total. The number of carboxylic acids is 2. The topological polar surface area (TPSA) is 83.8 Å². The van der Waals surface area contributed by atoms with Crippen LogP contribution in [0.2, 0.25) is 0 Å². The minimum Gasteiger partial charge on any atom is -0.478 e. The van der Waals surface area contributed by atoms with E-state index in [1.54, 1.807) is 0 Å². The monoisotopic (exact) mass is 612 g/mol. The zero-order valence-corrected chi connectivity index (χ0v) is 17.3. The molecule has 222 valence electrons. The third-order valence-electron chi connectivity index (χ3n) is 4.38. The Morgan fingerprint density at radius 1 is 0.564 bits per heavy atom. The number of carboxylic acid groups (broad SMARTS) is 2. The van der Waals surface area contributed by atoms with Gasteiger partial charge in [-0.05, 0) is 18.2 Å². The molecule has 2 N–H and O–H groups in total. The van der Waals surface area contributed by atoms with Crippen molar-refractivity contribution in [3.63, 3.8) is 0 Å². The van der Waals surface area contributed by atoms with Crippen LogP contribution < -0.4 is 4.74 Å². The Balaban J connectivity index is 3.68. The molecule has 0 spiro atoms. The van der Waals surface area contributed by atoms with Crippen molar-refractivity contribution in [2.24, 2.45) is 0 Å². The lowest BCUT2D eigenvalue weighted by molar-refractivity contribution is -0.451. The van der Waals surface area contributed by atoms with Crippen molar-refractivity contribution >= 4 is 11.9 Å². The van der Waals surface area contributed by atoms with Gasteiger partial charge in [0.25, 0.3) is 0 Å². The maximum Gasteiger partial charge on any atom is 0.460 e. The van der Waals surface area contributed by atoms with Gasteiger partial charge >= 0.3 is 59.7 Å². The van der Waals surface area contributed by atoms with E-state index in [1.165, 1.54) is 0 Å². The van der Waals surface area contributed by atoms with Crippen LogP contribution in [0.1, 0.15) is 20.7 Å². The molecule has 0 aromatic heterocycles. The molecule has 39 heavy (non-hydrogen) atoms. The molecular formula is C17H5F17O5. The van der Waals surface area contributed by atoms with Crippen LogP contribution in [-0.4, -0.2) is 63.9 Å². The quantitative estimate of drug-likeness (QED) is 0.221. The zero-order valence-electron chi connectivity index (χ0n) is 17.3. The molecule has 0 aliphatic carbocycles. The largest absolute Gasteiger partial charge is 0.478 e. The molecule has 1 rings (SSSR count). The fourth-order valence-electron chi connectivity index (χ4n) is 2.28. The zero-order chi connectivity index (χ0) is 31.4. The van der Waals surface area contributed by atoms with Crippen LogP contribution in [0.5, 0.6) is 5.75 Å². The van der Waals surface area contributed by atoms with E-state index in [0.717, 1.165) is 0 Å². The van der Waals surface area contributed by atoms with Gasteiger partial charge in [-0.25, -0.2) is 9.59 Å². The molecule has 0 fully saturated rings. The third kappa shape index (κ3) is 5.11. The summed E-state index contributed by atoms with van der Waals surface area (Å²) in [5.74, 6) is -61.1. The van der Waals surface area contributed by atoms with E-state index in [1.807, 2.05) is 0 Å². The maximum absolute atomic E-state index is 13.8. The van der Waals surface area contributed by atoms with Gasteiger partial charge in [0, 0.05) is 0 Å². The first-order valence-electron chi connectivity index (χ1n) is 8.71. The van der Waals surface area contributed by atoms with E-state index >= 15 is 0 Å². The summed E-state index contributed by atoms with van der Waals surface area (Å²) in [4.78, 5) is 21.7. The minimum absolute atomic E-state index is 0.0273. The maximum atomic E-state index is 13.8. The molecule has 0 amide bonds. The van der Waals surface area contributed by atoms with Gasteiger partial charge in [-0.1, -0.05) is 0 Å². The van der Waals surface area contributed by atoms with Crippen LogP contribution in [-0.2, 0) is 0 Å². The lowest BCUT2D eigenvalue weighted by Gasteiger charge is -2.41. The lowest BCUT2D eigenvalue weighted by atomic mass is 9.91. The van der Waals surface area contributed by atoms with Crippen LogP contribution in [0.25, 0.3) is 0 Å². The van der Waals surface area contributed by atoms with Gasteiger partial charge in [0.2, 0.25) is 5.83 Å². The Labute approximate surface area is 201 Å². The molecule has 0 heterocycles. The average Bonchev–Trinajstić information content (AvgIpc) is 2.76. The van der Waals surface area contributed by atoms with Crippen molar-refractivity contribution in [1.82, 2.24) is 0 Å². The molecule has 1 aromatic rings. The van der Waals surface area contributed by atoms with Crippen LogP contribution in [0.3, 0.4) is 0 Å². The van der Waals surface area contributed by atoms with E-state index in [2.05, 4.69) is 4.74 Å².